The van der Waals surface area contributed by atoms with Crippen LogP contribution >= 0.6 is 0 Å². The maximum atomic E-state index is 12.5. The van der Waals surface area contributed by atoms with Crippen molar-refractivity contribution in [1.82, 2.24) is 10.2 Å². The Hall–Kier alpha value is -3.71. The fourth-order valence-electron chi connectivity index (χ4n) is 4.32. The normalized spacial score (nSPS) is 16.3. The number of fused-ring (bicyclic) bond motifs is 1. The van der Waals surface area contributed by atoms with Crippen LogP contribution in [0.4, 0.5) is 10.5 Å². The molecule has 0 aliphatic carbocycles. The fourth-order valence-corrected chi connectivity index (χ4v) is 4.32. The molecule has 170 valence electrons. The van der Waals surface area contributed by atoms with E-state index in [4.69, 9.17) is 14.2 Å². The number of carbonyl (C=O) groups is 1. The van der Waals surface area contributed by atoms with Crippen LogP contribution in [0.3, 0.4) is 0 Å². The summed E-state index contributed by atoms with van der Waals surface area (Å²) in [5, 5.41) is 2.95. The molecule has 1 N–H and O–H groups in total. The number of nitrogens with zero attached hydrogens (tertiary/aromatic N) is 2. The Morgan fingerprint density at radius 2 is 1.58 bits per heavy atom. The summed E-state index contributed by atoms with van der Waals surface area (Å²) >= 11 is 0. The molecule has 7 heteroatoms. The topological polar surface area (TPSA) is 63.3 Å². The molecule has 5 rings (SSSR count). The predicted octanol–water partition coefficient (Wildman–Crippen LogP) is 4.07. The predicted molar refractivity (Wildman–Crippen MR) is 126 cm³/mol. The molecule has 0 radical (unpaired) electrons. The highest BCUT2D eigenvalue weighted by Crippen LogP contribution is 2.35. The summed E-state index contributed by atoms with van der Waals surface area (Å²) in [5.74, 6) is 2.02. The Bertz CT molecular complexity index is 1070. The molecule has 7 nitrogen and oxygen atoms in total. The Kier molecular flexibility index (Phi) is 6.30. The highest BCUT2D eigenvalue weighted by Gasteiger charge is 2.27. The van der Waals surface area contributed by atoms with Crippen LogP contribution in [0.15, 0.2) is 78.9 Å². The fraction of sp³-hybridized carbons (Fsp3) is 0.269. The molecule has 2 heterocycles. The maximum Gasteiger partial charge on any atom is 0.412 e. The number of hydrogen-bond acceptors (Lipinski definition) is 6. The summed E-state index contributed by atoms with van der Waals surface area (Å²) in [6, 6.07) is 25.5. The second kappa shape index (κ2) is 9.83. The molecule has 0 bridgehead atoms. The Morgan fingerprint density at radius 1 is 0.879 bits per heavy atom. The van der Waals surface area contributed by atoms with Gasteiger partial charge in [0.15, 0.2) is 11.5 Å². The molecule has 2 aliphatic rings. The van der Waals surface area contributed by atoms with E-state index < -0.39 is 6.09 Å². The second-order valence-electron chi connectivity index (χ2n) is 8.07. The monoisotopic (exact) mass is 445 g/mol. The SMILES string of the molecule is O=C(NC[C@@H](c1ccc2c(c1)OCO2)N1CCN(c2ccccc2)CC1)Oc1ccccc1. The molecule has 1 fully saturated rings. The van der Waals surface area contributed by atoms with Gasteiger partial charge in [0.2, 0.25) is 6.79 Å². The van der Waals surface area contributed by atoms with Crippen LogP contribution in [0.25, 0.3) is 0 Å². The van der Waals surface area contributed by atoms with E-state index in [2.05, 4.69) is 39.4 Å². The molecular weight excluding hydrogens is 418 g/mol. The first-order valence-electron chi connectivity index (χ1n) is 11.2. The van der Waals surface area contributed by atoms with Gasteiger partial charge >= 0.3 is 6.09 Å². The highest BCUT2D eigenvalue weighted by molar-refractivity contribution is 5.70. The lowest BCUT2D eigenvalue weighted by Crippen LogP contribution is -2.50. The van der Waals surface area contributed by atoms with Crippen molar-refractivity contribution in [2.75, 3.05) is 44.4 Å². The third-order valence-corrected chi connectivity index (χ3v) is 6.05. The van der Waals surface area contributed by atoms with Crippen LogP contribution < -0.4 is 24.4 Å². The van der Waals surface area contributed by atoms with Crippen molar-refractivity contribution in [3.63, 3.8) is 0 Å². The van der Waals surface area contributed by atoms with Crippen molar-refractivity contribution in [3.05, 3.63) is 84.4 Å². The van der Waals surface area contributed by atoms with E-state index in [0.717, 1.165) is 43.2 Å². The Morgan fingerprint density at radius 3 is 2.33 bits per heavy atom. The van der Waals surface area contributed by atoms with Crippen molar-refractivity contribution >= 4 is 11.8 Å². The summed E-state index contributed by atoms with van der Waals surface area (Å²) in [6.07, 6.45) is -0.463. The van der Waals surface area contributed by atoms with Crippen LogP contribution in [-0.2, 0) is 0 Å². The molecule has 2 aliphatic heterocycles. The Labute approximate surface area is 193 Å². The molecule has 0 unspecified atom stereocenters. The van der Waals surface area contributed by atoms with Crippen LogP contribution in [-0.4, -0.2) is 50.5 Å². The summed E-state index contributed by atoms with van der Waals surface area (Å²) < 4.78 is 16.5. The zero-order chi connectivity index (χ0) is 22.5. The molecule has 0 aromatic heterocycles. The number of hydrogen-bond donors (Lipinski definition) is 1. The van der Waals surface area contributed by atoms with E-state index in [0.29, 0.717) is 12.3 Å². The number of anilines is 1. The molecule has 1 atom stereocenters. The van der Waals surface area contributed by atoms with Gasteiger partial charge in [-0.25, -0.2) is 4.79 Å². The standard InChI is InChI=1S/C26H27N3O4/c30-26(33-22-9-5-2-6-10-22)27-18-23(20-11-12-24-25(17-20)32-19-31-24)29-15-13-28(14-16-29)21-7-3-1-4-8-21/h1-12,17,23H,13-16,18-19H2,(H,27,30)/t23-/m0/s1. The summed E-state index contributed by atoms with van der Waals surface area (Å²) in [4.78, 5) is 17.2. The first kappa shape index (κ1) is 21.2. The Balaban J connectivity index is 1.28. The minimum Gasteiger partial charge on any atom is -0.454 e. The van der Waals surface area contributed by atoms with Gasteiger partial charge in [-0.1, -0.05) is 42.5 Å². The first-order chi connectivity index (χ1) is 16.3. The summed E-state index contributed by atoms with van der Waals surface area (Å²) in [7, 11) is 0. The number of benzene rings is 3. The van der Waals surface area contributed by atoms with Crippen molar-refractivity contribution in [1.29, 1.82) is 0 Å². The number of ether oxygens (including phenoxy) is 3. The average Bonchev–Trinajstić information content (AvgIpc) is 3.34. The molecular formula is C26H27N3O4. The molecule has 3 aromatic rings. The van der Waals surface area contributed by atoms with Crippen molar-refractivity contribution < 1.29 is 19.0 Å². The number of piperazine rings is 1. The third-order valence-electron chi connectivity index (χ3n) is 6.05. The number of para-hydroxylation sites is 2. The van der Waals surface area contributed by atoms with Gasteiger partial charge in [0.25, 0.3) is 0 Å². The molecule has 3 aromatic carbocycles. The number of nitrogens with one attached hydrogen (secondary N) is 1. The van der Waals surface area contributed by atoms with Gasteiger partial charge in [-0.05, 0) is 42.0 Å². The van der Waals surface area contributed by atoms with Crippen LogP contribution in [0, 0.1) is 0 Å². The zero-order valence-corrected chi connectivity index (χ0v) is 18.4. The molecule has 0 saturated carbocycles. The third kappa shape index (κ3) is 5.04. The van der Waals surface area contributed by atoms with Crippen LogP contribution in [0.1, 0.15) is 11.6 Å². The van der Waals surface area contributed by atoms with Gasteiger partial charge in [-0.2, -0.15) is 0 Å². The molecule has 1 amide bonds. The number of amides is 1. The highest BCUT2D eigenvalue weighted by atomic mass is 16.7. The van der Waals surface area contributed by atoms with Gasteiger partial charge in [-0.3, -0.25) is 4.90 Å². The largest absolute Gasteiger partial charge is 0.454 e. The first-order valence-corrected chi connectivity index (χ1v) is 11.2. The van der Waals surface area contributed by atoms with E-state index in [1.54, 1.807) is 12.1 Å². The average molecular weight is 446 g/mol. The molecule has 33 heavy (non-hydrogen) atoms. The maximum absolute atomic E-state index is 12.5. The van der Waals surface area contributed by atoms with E-state index in [1.807, 2.05) is 42.5 Å². The lowest BCUT2D eigenvalue weighted by atomic mass is 10.0. The van der Waals surface area contributed by atoms with E-state index >= 15 is 0 Å². The van der Waals surface area contributed by atoms with E-state index in [-0.39, 0.29) is 12.8 Å². The molecule has 0 spiro atoms. The van der Waals surface area contributed by atoms with Crippen LogP contribution in [0.5, 0.6) is 17.2 Å². The minimum atomic E-state index is -0.463. The van der Waals surface area contributed by atoms with Gasteiger partial charge in [0.05, 0.1) is 6.04 Å². The lowest BCUT2D eigenvalue weighted by Gasteiger charge is -2.40. The summed E-state index contributed by atoms with van der Waals surface area (Å²) in [5.41, 5.74) is 2.31. The van der Waals surface area contributed by atoms with Gasteiger partial charge < -0.3 is 24.4 Å². The molecule has 1 saturated heterocycles. The van der Waals surface area contributed by atoms with Crippen molar-refractivity contribution in [2.24, 2.45) is 0 Å². The van der Waals surface area contributed by atoms with Crippen LogP contribution in [0.2, 0.25) is 0 Å². The summed E-state index contributed by atoms with van der Waals surface area (Å²) in [6.45, 7) is 4.25. The van der Waals surface area contributed by atoms with E-state index in [9.17, 15) is 4.79 Å². The van der Waals surface area contributed by atoms with E-state index in [1.165, 1.54) is 5.69 Å². The van der Waals surface area contributed by atoms with Crippen molar-refractivity contribution in [3.8, 4) is 17.2 Å². The van der Waals surface area contributed by atoms with Gasteiger partial charge in [0, 0.05) is 38.4 Å². The lowest BCUT2D eigenvalue weighted by molar-refractivity contribution is 0.168. The van der Waals surface area contributed by atoms with Gasteiger partial charge in [-0.15, -0.1) is 0 Å². The second-order valence-corrected chi connectivity index (χ2v) is 8.07. The number of rotatable bonds is 6. The van der Waals surface area contributed by atoms with Gasteiger partial charge in [0.1, 0.15) is 5.75 Å². The minimum absolute atomic E-state index is 0.0132. The zero-order valence-electron chi connectivity index (χ0n) is 18.4. The number of carbonyl (C=O) groups excluding carboxylic acids is 1. The van der Waals surface area contributed by atoms with Crippen molar-refractivity contribution in [2.45, 2.75) is 6.04 Å². The smallest absolute Gasteiger partial charge is 0.412 e. The quantitative estimate of drug-likeness (QED) is 0.617.